The van der Waals surface area contributed by atoms with Gasteiger partial charge in [-0.15, -0.1) is 0 Å². The minimum absolute atomic E-state index is 0.0881. The maximum atomic E-state index is 12.8. The van der Waals surface area contributed by atoms with Gasteiger partial charge in [-0.3, -0.25) is 9.59 Å². The highest BCUT2D eigenvalue weighted by Gasteiger charge is 2.29. The zero-order valence-corrected chi connectivity index (χ0v) is 18.0. The van der Waals surface area contributed by atoms with Crippen molar-refractivity contribution >= 4 is 17.5 Å². The first-order chi connectivity index (χ1) is 15.6. The molecule has 0 radical (unpaired) electrons. The summed E-state index contributed by atoms with van der Waals surface area (Å²) in [4.78, 5) is 27.0. The number of hydrogen-bond acceptors (Lipinski definition) is 5. The van der Waals surface area contributed by atoms with Crippen LogP contribution in [0.2, 0.25) is 0 Å². The van der Waals surface area contributed by atoms with Crippen LogP contribution in [0.4, 0.5) is 5.69 Å². The lowest BCUT2D eigenvalue weighted by molar-refractivity contribution is -0.121. The summed E-state index contributed by atoms with van der Waals surface area (Å²) >= 11 is 0. The van der Waals surface area contributed by atoms with Crippen molar-refractivity contribution < 1.29 is 23.5 Å². The number of likely N-dealkylation sites (tertiary alicyclic amines) is 1. The molecule has 3 aromatic rings. The van der Waals surface area contributed by atoms with Crippen molar-refractivity contribution in [3.05, 3.63) is 72.7 Å². The monoisotopic (exact) mass is 434 g/mol. The number of piperidine rings is 1. The van der Waals surface area contributed by atoms with Gasteiger partial charge in [-0.2, -0.15) is 0 Å². The lowest BCUT2D eigenvalue weighted by Gasteiger charge is -2.31. The van der Waals surface area contributed by atoms with Gasteiger partial charge in [-0.25, -0.2) is 0 Å². The zero-order chi connectivity index (χ0) is 22.3. The molecular weight excluding hydrogens is 408 g/mol. The number of furan rings is 1. The minimum atomic E-state index is -0.251. The Bertz CT molecular complexity index is 1030. The van der Waals surface area contributed by atoms with Gasteiger partial charge in [0.2, 0.25) is 5.91 Å². The van der Waals surface area contributed by atoms with Crippen molar-refractivity contribution in [2.45, 2.75) is 19.8 Å². The molecule has 2 amide bonds. The average Bonchev–Trinajstić information content (AvgIpc) is 3.36. The zero-order valence-electron chi connectivity index (χ0n) is 18.0. The number of ether oxygens (including phenoxy) is 2. The smallest absolute Gasteiger partial charge is 0.257 e. The van der Waals surface area contributed by atoms with E-state index in [9.17, 15) is 9.59 Å². The fourth-order valence-corrected chi connectivity index (χ4v) is 3.70. The maximum Gasteiger partial charge on any atom is 0.257 e. The predicted molar refractivity (Wildman–Crippen MR) is 120 cm³/mol. The summed E-state index contributed by atoms with van der Waals surface area (Å²) in [6.07, 6.45) is 4.45. The fourth-order valence-electron chi connectivity index (χ4n) is 3.70. The van der Waals surface area contributed by atoms with Gasteiger partial charge < -0.3 is 24.1 Å². The number of rotatable bonds is 7. The molecule has 4 rings (SSSR count). The molecule has 0 aliphatic carbocycles. The molecule has 1 fully saturated rings. The van der Waals surface area contributed by atoms with E-state index in [0.717, 1.165) is 18.6 Å². The second-order valence-corrected chi connectivity index (χ2v) is 7.62. The van der Waals surface area contributed by atoms with Crippen LogP contribution >= 0.6 is 0 Å². The molecule has 0 unspecified atom stereocenters. The number of nitrogens with one attached hydrogen (secondary N) is 1. The van der Waals surface area contributed by atoms with Gasteiger partial charge in [0.05, 0.1) is 24.4 Å². The summed E-state index contributed by atoms with van der Waals surface area (Å²) in [5.41, 5.74) is 1.20. The Morgan fingerprint density at radius 3 is 2.38 bits per heavy atom. The third-order valence-corrected chi connectivity index (χ3v) is 5.34. The molecule has 1 atom stereocenters. The number of carbonyl (C=O) groups excluding carboxylic acids is 2. The summed E-state index contributed by atoms with van der Waals surface area (Å²) in [6, 6.07) is 16.3. The molecular formula is C25H26N2O5. The number of anilines is 1. The molecule has 0 saturated carbocycles. The first kappa shape index (κ1) is 21.5. The number of nitrogens with zero attached hydrogens (tertiary/aromatic N) is 1. The van der Waals surface area contributed by atoms with Crippen molar-refractivity contribution in [1.29, 1.82) is 0 Å². The normalized spacial score (nSPS) is 15.8. The van der Waals surface area contributed by atoms with E-state index in [-0.39, 0.29) is 17.7 Å². The standard InChI is InChI=1S/C25H26N2O5/c1-2-31-21-9-11-23(12-10-21)32-22-7-5-20(6-8-22)26-24(28)18-4-3-14-27(16-18)25(29)19-13-15-30-17-19/h5-13,15,17-18H,2-4,14,16H2,1H3,(H,26,28)/t18-/m1/s1. The van der Waals surface area contributed by atoms with E-state index in [1.54, 1.807) is 23.1 Å². The highest BCUT2D eigenvalue weighted by molar-refractivity contribution is 5.96. The van der Waals surface area contributed by atoms with Crippen LogP contribution in [0.3, 0.4) is 0 Å². The van der Waals surface area contributed by atoms with Crippen molar-refractivity contribution in [3.63, 3.8) is 0 Å². The Hall–Kier alpha value is -3.74. The van der Waals surface area contributed by atoms with Gasteiger partial charge >= 0.3 is 0 Å². The number of benzene rings is 2. The topological polar surface area (TPSA) is 81.0 Å². The average molecular weight is 434 g/mol. The Morgan fingerprint density at radius 2 is 1.72 bits per heavy atom. The molecule has 0 bridgehead atoms. The highest BCUT2D eigenvalue weighted by atomic mass is 16.5. The van der Waals surface area contributed by atoms with Crippen molar-refractivity contribution in [2.24, 2.45) is 5.92 Å². The summed E-state index contributed by atoms with van der Waals surface area (Å²) < 4.78 is 16.3. The van der Waals surface area contributed by atoms with E-state index in [2.05, 4.69) is 5.32 Å². The van der Waals surface area contributed by atoms with Gasteiger partial charge in [-0.05, 0) is 74.4 Å². The summed E-state index contributed by atoms with van der Waals surface area (Å²) in [7, 11) is 0. The van der Waals surface area contributed by atoms with E-state index in [0.29, 0.717) is 42.4 Å². The lowest BCUT2D eigenvalue weighted by atomic mass is 9.96. The van der Waals surface area contributed by atoms with Gasteiger partial charge in [0.25, 0.3) is 5.91 Å². The van der Waals surface area contributed by atoms with Crippen molar-refractivity contribution in [1.82, 2.24) is 4.90 Å². The van der Waals surface area contributed by atoms with Crippen LogP contribution in [0.5, 0.6) is 17.2 Å². The highest BCUT2D eigenvalue weighted by Crippen LogP contribution is 2.26. The van der Waals surface area contributed by atoms with Crippen LogP contribution in [0.15, 0.2) is 71.5 Å². The quantitative estimate of drug-likeness (QED) is 0.568. The lowest BCUT2D eigenvalue weighted by Crippen LogP contribution is -2.43. The Morgan fingerprint density at radius 1 is 1.03 bits per heavy atom. The van der Waals surface area contributed by atoms with Crippen LogP contribution in [0.1, 0.15) is 30.1 Å². The maximum absolute atomic E-state index is 12.8. The molecule has 1 aromatic heterocycles. The molecule has 2 aromatic carbocycles. The molecule has 2 heterocycles. The van der Waals surface area contributed by atoms with Crippen LogP contribution < -0.4 is 14.8 Å². The summed E-state index contributed by atoms with van der Waals surface area (Å²) in [5.74, 6) is 1.73. The summed E-state index contributed by atoms with van der Waals surface area (Å²) in [6.45, 7) is 3.60. The fraction of sp³-hybridized carbons (Fsp3) is 0.280. The molecule has 7 nitrogen and oxygen atoms in total. The van der Waals surface area contributed by atoms with E-state index < -0.39 is 0 Å². The first-order valence-corrected chi connectivity index (χ1v) is 10.8. The number of carbonyl (C=O) groups is 2. The van der Waals surface area contributed by atoms with Crippen LogP contribution in [0.25, 0.3) is 0 Å². The van der Waals surface area contributed by atoms with Crippen LogP contribution in [0, 0.1) is 5.92 Å². The molecule has 1 N–H and O–H groups in total. The number of hydrogen-bond donors (Lipinski definition) is 1. The van der Waals surface area contributed by atoms with E-state index in [1.165, 1.54) is 12.5 Å². The SMILES string of the molecule is CCOc1ccc(Oc2ccc(NC(=O)[C@@H]3CCCN(C(=O)c4ccoc4)C3)cc2)cc1. The van der Waals surface area contributed by atoms with Gasteiger partial charge in [-0.1, -0.05) is 0 Å². The largest absolute Gasteiger partial charge is 0.494 e. The van der Waals surface area contributed by atoms with Gasteiger partial charge in [0.1, 0.15) is 23.5 Å². The van der Waals surface area contributed by atoms with Crippen molar-refractivity contribution in [2.75, 3.05) is 25.0 Å². The Labute approximate surface area is 186 Å². The van der Waals surface area contributed by atoms with Gasteiger partial charge in [0.15, 0.2) is 0 Å². The molecule has 32 heavy (non-hydrogen) atoms. The molecule has 0 spiro atoms. The van der Waals surface area contributed by atoms with Crippen molar-refractivity contribution in [3.8, 4) is 17.2 Å². The van der Waals surface area contributed by atoms with Crippen LogP contribution in [-0.4, -0.2) is 36.4 Å². The van der Waals surface area contributed by atoms with E-state index in [1.807, 2.05) is 43.3 Å². The van der Waals surface area contributed by atoms with E-state index >= 15 is 0 Å². The molecule has 7 heteroatoms. The van der Waals surface area contributed by atoms with Crippen LogP contribution in [-0.2, 0) is 4.79 Å². The van der Waals surface area contributed by atoms with Gasteiger partial charge in [0, 0.05) is 18.8 Å². The predicted octanol–water partition coefficient (Wildman–Crippen LogP) is 4.96. The second-order valence-electron chi connectivity index (χ2n) is 7.62. The molecule has 1 aliphatic heterocycles. The minimum Gasteiger partial charge on any atom is -0.494 e. The molecule has 1 aliphatic rings. The third-order valence-electron chi connectivity index (χ3n) is 5.34. The Kier molecular flexibility index (Phi) is 6.75. The summed E-state index contributed by atoms with van der Waals surface area (Å²) in [5, 5.41) is 2.95. The number of amides is 2. The Balaban J connectivity index is 1.31. The molecule has 166 valence electrons. The third kappa shape index (κ3) is 5.29. The molecule has 1 saturated heterocycles. The van der Waals surface area contributed by atoms with E-state index in [4.69, 9.17) is 13.9 Å². The first-order valence-electron chi connectivity index (χ1n) is 10.8. The second kappa shape index (κ2) is 10.0.